The van der Waals surface area contributed by atoms with Gasteiger partial charge in [-0.05, 0) is 61.0 Å². The molecule has 1 heterocycles. The Morgan fingerprint density at radius 2 is 1.83 bits per heavy atom. The van der Waals surface area contributed by atoms with Crippen molar-refractivity contribution in [3.05, 3.63) is 92.9 Å². The lowest BCUT2D eigenvalue weighted by Crippen LogP contribution is -2.54. The Kier molecular flexibility index (Phi) is 7.52. The number of carbonyl (C=O) groups excluding carboxylic acids is 4. The van der Waals surface area contributed by atoms with E-state index < -0.39 is 23.8 Å². The molecule has 0 aliphatic carbocycles. The van der Waals surface area contributed by atoms with Crippen LogP contribution in [0.1, 0.15) is 11.1 Å². The van der Waals surface area contributed by atoms with Crippen LogP contribution >= 0.6 is 27.5 Å². The van der Waals surface area contributed by atoms with Crippen molar-refractivity contribution in [3.63, 3.8) is 0 Å². The van der Waals surface area contributed by atoms with Gasteiger partial charge in [0.1, 0.15) is 11.3 Å². The second kappa shape index (κ2) is 10.8. The summed E-state index contributed by atoms with van der Waals surface area (Å²) in [4.78, 5) is 51.3. The van der Waals surface area contributed by atoms with Crippen LogP contribution in [-0.4, -0.2) is 30.4 Å². The number of anilines is 2. The van der Waals surface area contributed by atoms with Gasteiger partial charge in [-0.25, -0.2) is 9.69 Å². The van der Waals surface area contributed by atoms with Crippen LogP contribution in [0.5, 0.6) is 5.75 Å². The molecule has 4 rings (SSSR count). The van der Waals surface area contributed by atoms with E-state index in [0.29, 0.717) is 26.4 Å². The van der Waals surface area contributed by atoms with Crippen LogP contribution in [0.3, 0.4) is 0 Å². The van der Waals surface area contributed by atoms with Gasteiger partial charge < -0.3 is 10.1 Å². The van der Waals surface area contributed by atoms with E-state index in [9.17, 15) is 19.2 Å². The van der Waals surface area contributed by atoms with Crippen molar-refractivity contribution < 1.29 is 23.9 Å². The summed E-state index contributed by atoms with van der Waals surface area (Å²) in [5.74, 6) is -1.79. The van der Waals surface area contributed by atoms with E-state index in [0.717, 1.165) is 10.5 Å². The van der Waals surface area contributed by atoms with Crippen LogP contribution in [0.4, 0.5) is 16.2 Å². The van der Waals surface area contributed by atoms with Crippen molar-refractivity contribution in [1.82, 2.24) is 5.32 Å². The third-order valence-corrected chi connectivity index (χ3v) is 6.10. The zero-order valence-electron chi connectivity index (χ0n) is 18.9. The zero-order valence-corrected chi connectivity index (χ0v) is 21.2. The number of nitrogens with one attached hydrogen (secondary N) is 2. The van der Waals surface area contributed by atoms with Crippen molar-refractivity contribution in [2.45, 2.75) is 6.92 Å². The average Bonchev–Trinajstić information content (AvgIpc) is 2.84. The van der Waals surface area contributed by atoms with Gasteiger partial charge in [0.05, 0.1) is 5.69 Å². The van der Waals surface area contributed by atoms with Gasteiger partial charge in [0.2, 0.25) is 0 Å². The minimum absolute atomic E-state index is 0.256. The summed E-state index contributed by atoms with van der Waals surface area (Å²) in [5, 5.41) is 5.40. The maximum atomic E-state index is 13.1. The van der Waals surface area contributed by atoms with Gasteiger partial charge in [0, 0.05) is 20.7 Å². The Morgan fingerprint density at radius 1 is 1.08 bits per heavy atom. The van der Waals surface area contributed by atoms with E-state index in [1.54, 1.807) is 66.7 Å². The molecule has 0 spiro atoms. The molecule has 0 bridgehead atoms. The van der Waals surface area contributed by atoms with E-state index in [1.807, 2.05) is 6.92 Å². The van der Waals surface area contributed by atoms with Gasteiger partial charge in [-0.3, -0.25) is 19.7 Å². The van der Waals surface area contributed by atoms with Crippen molar-refractivity contribution in [2.24, 2.45) is 0 Å². The monoisotopic (exact) mass is 567 g/mol. The van der Waals surface area contributed by atoms with Gasteiger partial charge >= 0.3 is 6.03 Å². The number of amides is 5. The Morgan fingerprint density at radius 3 is 2.56 bits per heavy atom. The number of nitrogens with zero attached hydrogens (tertiary/aromatic N) is 1. The highest BCUT2D eigenvalue weighted by Gasteiger charge is 2.36. The average molecular weight is 569 g/mol. The molecule has 36 heavy (non-hydrogen) atoms. The second-order valence-corrected chi connectivity index (χ2v) is 9.10. The molecule has 1 aliphatic rings. The summed E-state index contributed by atoms with van der Waals surface area (Å²) in [6.07, 6.45) is 1.32. The van der Waals surface area contributed by atoms with Crippen LogP contribution in [-0.2, 0) is 14.4 Å². The Bertz CT molecular complexity index is 1410. The number of benzene rings is 3. The van der Waals surface area contributed by atoms with E-state index >= 15 is 0 Å². The number of rotatable bonds is 6. The standard InChI is InChI=1S/C26H19BrClN3O5/c1-15-7-9-18(13-21(15)28)29-23(32)14-36-22-10-8-17(27)11-16(22)12-20-24(33)30-26(35)31(25(20)34)19-5-3-2-4-6-19/h2-13H,14H2,1H3,(H,29,32)(H,30,33,35)/b20-12-. The first kappa shape index (κ1) is 25.2. The Hall–Kier alpha value is -3.95. The smallest absolute Gasteiger partial charge is 0.335 e. The number of halogens is 2. The van der Waals surface area contributed by atoms with Crippen LogP contribution in [0.2, 0.25) is 5.02 Å². The molecule has 3 aromatic carbocycles. The van der Waals surface area contributed by atoms with Crippen molar-refractivity contribution in [1.29, 1.82) is 0 Å². The second-order valence-electron chi connectivity index (χ2n) is 7.78. The fourth-order valence-corrected chi connectivity index (χ4v) is 3.96. The van der Waals surface area contributed by atoms with Gasteiger partial charge in [0.15, 0.2) is 6.61 Å². The summed E-state index contributed by atoms with van der Waals surface area (Å²) in [7, 11) is 0. The van der Waals surface area contributed by atoms with E-state index in [4.69, 9.17) is 16.3 Å². The van der Waals surface area contributed by atoms with Crippen LogP contribution in [0.25, 0.3) is 6.08 Å². The first-order valence-corrected chi connectivity index (χ1v) is 11.8. The summed E-state index contributed by atoms with van der Waals surface area (Å²) in [5.41, 5.74) is 1.81. The predicted octanol–water partition coefficient (Wildman–Crippen LogP) is 5.09. The molecule has 8 nitrogen and oxygen atoms in total. The van der Waals surface area contributed by atoms with Crippen LogP contribution in [0.15, 0.2) is 76.8 Å². The quantitative estimate of drug-likeness (QED) is 0.318. The lowest BCUT2D eigenvalue weighted by molar-refractivity contribution is -0.122. The Balaban J connectivity index is 1.56. The van der Waals surface area contributed by atoms with Crippen LogP contribution in [0, 0.1) is 6.92 Å². The van der Waals surface area contributed by atoms with Gasteiger partial charge in [0.25, 0.3) is 17.7 Å². The molecule has 0 atom stereocenters. The van der Waals surface area contributed by atoms with Crippen molar-refractivity contribution >= 4 is 68.7 Å². The highest BCUT2D eigenvalue weighted by atomic mass is 79.9. The molecule has 1 aliphatic heterocycles. The number of aryl methyl sites for hydroxylation is 1. The van der Waals surface area contributed by atoms with E-state index in [1.165, 1.54) is 6.08 Å². The fraction of sp³-hybridized carbons (Fsp3) is 0.0769. The molecule has 3 aromatic rings. The molecular weight excluding hydrogens is 550 g/mol. The van der Waals surface area contributed by atoms with Crippen molar-refractivity contribution in [3.8, 4) is 5.75 Å². The minimum atomic E-state index is -0.841. The summed E-state index contributed by atoms with van der Waals surface area (Å²) < 4.78 is 6.34. The summed E-state index contributed by atoms with van der Waals surface area (Å²) >= 11 is 9.46. The number of carbonyl (C=O) groups is 4. The number of ether oxygens (including phenoxy) is 1. The third-order valence-electron chi connectivity index (χ3n) is 5.20. The lowest BCUT2D eigenvalue weighted by Gasteiger charge is -2.26. The normalized spacial score (nSPS) is 14.6. The Labute approximate surface area is 220 Å². The van der Waals surface area contributed by atoms with Gasteiger partial charge in [-0.15, -0.1) is 0 Å². The number of imide groups is 2. The largest absolute Gasteiger partial charge is 0.483 e. The number of urea groups is 1. The first-order valence-electron chi connectivity index (χ1n) is 10.7. The zero-order chi connectivity index (χ0) is 25.8. The molecule has 0 unspecified atom stereocenters. The molecular formula is C26H19BrClN3O5. The maximum absolute atomic E-state index is 13.1. The molecule has 5 amide bonds. The molecule has 0 saturated carbocycles. The van der Waals surface area contributed by atoms with E-state index in [-0.39, 0.29) is 17.9 Å². The topological polar surface area (TPSA) is 105 Å². The number of barbiturate groups is 1. The molecule has 0 aromatic heterocycles. The first-order chi connectivity index (χ1) is 17.2. The molecule has 10 heteroatoms. The SMILES string of the molecule is Cc1ccc(NC(=O)COc2ccc(Br)cc2/C=C2/C(=O)NC(=O)N(c3ccccc3)C2=O)cc1Cl. The van der Waals surface area contributed by atoms with E-state index in [2.05, 4.69) is 26.6 Å². The number of para-hydroxylation sites is 1. The van der Waals surface area contributed by atoms with Gasteiger partial charge in [-0.2, -0.15) is 0 Å². The summed E-state index contributed by atoms with van der Waals surface area (Å²) in [6.45, 7) is 1.52. The number of hydrogen-bond donors (Lipinski definition) is 2. The van der Waals surface area contributed by atoms with Crippen LogP contribution < -0.4 is 20.3 Å². The third kappa shape index (κ3) is 5.64. The lowest BCUT2D eigenvalue weighted by atomic mass is 10.1. The highest BCUT2D eigenvalue weighted by molar-refractivity contribution is 9.10. The molecule has 1 saturated heterocycles. The molecule has 2 N–H and O–H groups in total. The maximum Gasteiger partial charge on any atom is 0.335 e. The molecule has 0 radical (unpaired) electrons. The van der Waals surface area contributed by atoms with Gasteiger partial charge in [-0.1, -0.05) is 51.8 Å². The minimum Gasteiger partial charge on any atom is -0.483 e. The summed E-state index contributed by atoms with van der Waals surface area (Å²) in [6, 6.07) is 17.5. The number of hydrogen-bond acceptors (Lipinski definition) is 5. The predicted molar refractivity (Wildman–Crippen MR) is 140 cm³/mol. The molecule has 1 fully saturated rings. The van der Waals surface area contributed by atoms with Crippen molar-refractivity contribution in [2.75, 3.05) is 16.8 Å². The molecule has 182 valence electrons. The highest BCUT2D eigenvalue weighted by Crippen LogP contribution is 2.28. The fourth-order valence-electron chi connectivity index (χ4n) is 3.40.